The third-order valence-corrected chi connectivity index (χ3v) is 4.18. The zero-order valence-corrected chi connectivity index (χ0v) is 14.6. The van der Waals surface area contributed by atoms with Crippen molar-refractivity contribution in [3.8, 4) is 0 Å². The van der Waals surface area contributed by atoms with Crippen LogP contribution in [0.25, 0.3) is 0 Å². The first kappa shape index (κ1) is 16.5. The molecule has 124 valence electrons. The van der Waals surface area contributed by atoms with E-state index < -0.39 is 0 Å². The summed E-state index contributed by atoms with van der Waals surface area (Å²) in [5, 5.41) is 8.80. The molecule has 24 heavy (non-hydrogen) atoms. The Morgan fingerprint density at radius 2 is 1.75 bits per heavy atom. The number of carbonyl (C=O) groups excluding carboxylic acids is 2. The van der Waals surface area contributed by atoms with Gasteiger partial charge in [-0.15, -0.1) is 0 Å². The molecule has 0 saturated heterocycles. The molecule has 5 nitrogen and oxygen atoms in total. The van der Waals surface area contributed by atoms with Crippen LogP contribution in [0.1, 0.15) is 23.2 Å². The minimum atomic E-state index is -0.172. The van der Waals surface area contributed by atoms with Crippen LogP contribution in [0.5, 0.6) is 0 Å². The minimum Gasteiger partial charge on any atom is -0.376 e. The molecule has 0 aromatic heterocycles. The molecule has 3 N–H and O–H groups in total. The summed E-state index contributed by atoms with van der Waals surface area (Å²) in [5.74, 6) is -0.274. The van der Waals surface area contributed by atoms with Crippen molar-refractivity contribution in [1.82, 2.24) is 5.32 Å². The van der Waals surface area contributed by atoms with Crippen molar-refractivity contribution in [1.29, 1.82) is 0 Å². The second-order valence-corrected chi connectivity index (χ2v) is 6.62. The maximum atomic E-state index is 12.2. The summed E-state index contributed by atoms with van der Waals surface area (Å²) in [7, 11) is 0. The van der Waals surface area contributed by atoms with Gasteiger partial charge in [-0.05, 0) is 49.2 Å². The maximum absolute atomic E-state index is 12.2. The zero-order chi connectivity index (χ0) is 16.9. The molecule has 2 aromatic carbocycles. The number of benzene rings is 2. The summed E-state index contributed by atoms with van der Waals surface area (Å²) in [4.78, 5) is 24.3. The molecule has 0 unspecified atom stereocenters. The Balaban J connectivity index is 1.58. The summed E-state index contributed by atoms with van der Waals surface area (Å²) in [6, 6.07) is 14.9. The van der Waals surface area contributed by atoms with E-state index in [1.165, 1.54) is 0 Å². The summed E-state index contributed by atoms with van der Waals surface area (Å²) in [5.41, 5.74) is 1.94. The Morgan fingerprint density at radius 1 is 1.04 bits per heavy atom. The molecule has 0 atom stereocenters. The van der Waals surface area contributed by atoms with Crippen LogP contribution in [0.15, 0.2) is 53.0 Å². The van der Waals surface area contributed by atoms with E-state index in [2.05, 4.69) is 31.9 Å². The zero-order valence-electron chi connectivity index (χ0n) is 13.0. The summed E-state index contributed by atoms with van der Waals surface area (Å²) in [6.45, 7) is 0.0871. The lowest BCUT2D eigenvalue weighted by Gasteiger charge is -2.12. The highest BCUT2D eigenvalue weighted by atomic mass is 79.9. The summed E-state index contributed by atoms with van der Waals surface area (Å²) < 4.78 is 0.953. The molecule has 2 amide bonds. The molecule has 0 bridgehead atoms. The van der Waals surface area contributed by atoms with Crippen LogP contribution in [-0.2, 0) is 4.79 Å². The van der Waals surface area contributed by atoms with Gasteiger partial charge in [-0.25, -0.2) is 0 Å². The summed E-state index contributed by atoms with van der Waals surface area (Å²) in [6.07, 6.45) is 2.08. The highest BCUT2D eigenvalue weighted by molar-refractivity contribution is 9.10. The van der Waals surface area contributed by atoms with Gasteiger partial charge in [0, 0.05) is 21.9 Å². The van der Waals surface area contributed by atoms with E-state index in [0.717, 1.165) is 23.0 Å². The second kappa shape index (κ2) is 7.49. The van der Waals surface area contributed by atoms with Gasteiger partial charge < -0.3 is 16.0 Å². The number of nitrogens with one attached hydrogen (secondary N) is 3. The van der Waals surface area contributed by atoms with E-state index in [1.807, 2.05) is 36.4 Å². The predicted molar refractivity (Wildman–Crippen MR) is 98.2 cm³/mol. The standard InChI is InChI=1S/C18H18BrN3O2/c19-12-5-7-13(8-6-12)21-17(23)11-20-16-4-2-1-3-15(16)18(24)22-14-9-10-14/h1-8,14,20H,9-11H2,(H,21,23)(H,22,24). The van der Waals surface area contributed by atoms with Crippen LogP contribution in [0, 0.1) is 0 Å². The molecule has 2 aromatic rings. The summed E-state index contributed by atoms with van der Waals surface area (Å²) >= 11 is 3.35. The second-order valence-electron chi connectivity index (χ2n) is 5.70. The Kier molecular flexibility index (Phi) is 5.15. The Morgan fingerprint density at radius 3 is 2.46 bits per heavy atom. The van der Waals surface area contributed by atoms with Crippen LogP contribution in [0.3, 0.4) is 0 Å². The van der Waals surface area contributed by atoms with Crippen molar-refractivity contribution in [2.75, 3.05) is 17.2 Å². The lowest BCUT2D eigenvalue weighted by Crippen LogP contribution is -2.27. The van der Waals surface area contributed by atoms with Crippen LogP contribution < -0.4 is 16.0 Å². The molecular formula is C18H18BrN3O2. The molecule has 1 fully saturated rings. The number of anilines is 2. The van der Waals surface area contributed by atoms with Crippen LogP contribution in [-0.4, -0.2) is 24.4 Å². The highest BCUT2D eigenvalue weighted by Crippen LogP contribution is 2.21. The minimum absolute atomic E-state index is 0.0871. The Labute approximate surface area is 149 Å². The van der Waals surface area contributed by atoms with E-state index in [1.54, 1.807) is 12.1 Å². The van der Waals surface area contributed by atoms with Crippen molar-refractivity contribution in [3.63, 3.8) is 0 Å². The molecule has 6 heteroatoms. The number of carbonyl (C=O) groups is 2. The Hall–Kier alpha value is -2.34. The van der Waals surface area contributed by atoms with E-state index >= 15 is 0 Å². The van der Waals surface area contributed by atoms with E-state index in [9.17, 15) is 9.59 Å². The smallest absolute Gasteiger partial charge is 0.253 e. The Bertz CT molecular complexity index is 742. The van der Waals surface area contributed by atoms with Crippen LogP contribution in [0.4, 0.5) is 11.4 Å². The molecule has 1 aliphatic carbocycles. The first-order valence-electron chi connectivity index (χ1n) is 7.81. The molecular weight excluding hydrogens is 370 g/mol. The molecule has 1 aliphatic rings. The average Bonchev–Trinajstić information content (AvgIpc) is 3.39. The molecule has 0 spiro atoms. The lowest BCUT2D eigenvalue weighted by molar-refractivity contribution is -0.114. The van der Waals surface area contributed by atoms with Crippen molar-refractivity contribution >= 4 is 39.1 Å². The van der Waals surface area contributed by atoms with Gasteiger partial charge in [0.15, 0.2) is 0 Å². The maximum Gasteiger partial charge on any atom is 0.253 e. The monoisotopic (exact) mass is 387 g/mol. The van der Waals surface area contributed by atoms with E-state index in [-0.39, 0.29) is 18.4 Å². The number of amides is 2. The third-order valence-electron chi connectivity index (χ3n) is 3.65. The van der Waals surface area contributed by atoms with Crippen molar-refractivity contribution in [2.45, 2.75) is 18.9 Å². The van der Waals surface area contributed by atoms with Crippen molar-refractivity contribution in [3.05, 3.63) is 58.6 Å². The van der Waals surface area contributed by atoms with E-state index in [0.29, 0.717) is 17.3 Å². The van der Waals surface area contributed by atoms with Crippen molar-refractivity contribution in [2.24, 2.45) is 0 Å². The number of para-hydroxylation sites is 1. The van der Waals surface area contributed by atoms with Crippen molar-refractivity contribution < 1.29 is 9.59 Å². The number of halogens is 1. The average molecular weight is 388 g/mol. The fourth-order valence-electron chi connectivity index (χ4n) is 2.24. The molecule has 0 aliphatic heterocycles. The van der Waals surface area contributed by atoms with Gasteiger partial charge in [0.2, 0.25) is 5.91 Å². The highest BCUT2D eigenvalue weighted by Gasteiger charge is 2.24. The van der Waals surface area contributed by atoms with Crippen LogP contribution in [0.2, 0.25) is 0 Å². The molecule has 1 saturated carbocycles. The largest absolute Gasteiger partial charge is 0.376 e. The fraction of sp³-hybridized carbons (Fsp3) is 0.222. The molecule has 3 rings (SSSR count). The van der Waals surface area contributed by atoms with Gasteiger partial charge in [0.05, 0.1) is 12.1 Å². The SMILES string of the molecule is O=C(CNc1ccccc1C(=O)NC1CC1)Nc1ccc(Br)cc1. The quantitative estimate of drug-likeness (QED) is 0.711. The lowest BCUT2D eigenvalue weighted by atomic mass is 10.1. The number of hydrogen-bond donors (Lipinski definition) is 3. The normalized spacial score (nSPS) is 13.2. The van der Waals surface area contributed by atoms with Gasteiger partial charge in [0.25, 0.3) is 5.91 Å². The van der Waals surface area contributed by atoms with Gasteiger partial charge in [-0.1, -0.05) is 28.1 Å². The van der Waals surface area contributed by atoms with Gasteiger partial charge >= 0.3 is 0 Å². The first-order valence-corrected chi connectivity index (χ1v) is 8.60. The van der Waals surface area contributed by atoms with Crippen LogP contribution >= 0.6 is 15.9 Å². The predicted octanol–water partition coefficient (Wildman–Crippen LogP) is 3.39. The topological polar surface area (TPSA) is 70.2 Å². The molecule has 0 heterocycles. The fourth-order valence-corrected chi connectivity index (χ4v) is 2.50. The van der Waals surface area contributed by atoms with Gasteiger partial charge in [0.1, 0.15) is 0 Å². The molecule has 0 radical (unpaired) electrons. The van der Waals surface area contributed by atoms with Gasteiger partial charge in [-0.3, -0.25) is 9.59 Å². The number of rotatable bonds is 6. The third kappa shape index (κ3) is 4.58. The van der Waals surface area contributed by atoms with Gasteiger partial charge in [-0.2, -0.15) is 0 Å². The number of hydrogen-bond acceptors (Lipinski definition) is 3. The van der Waals surface area contributed by atoms with E-state index in [4.69, 9.17) is 0 Å². The first-order chi connectivity index (χ1) is 11.6.